The molecule has 0 spiro atoms. The van der Waals surface area contributed by atoms with Gasteiger partial charge < -0.3 is 31.1 Å². The van der Waals surface area contributed by atoms with Crippen molar-refractivity contribution in [1.29, 1.82) is 0 Å². The van der Waals surface area contributed by atoms with E-state index < -0.39 is 0 Å². The van der Waals surface area contributed by atoms with E-state index in [1.807, 2.05) is 24.3 Å². The van der Waals surface area contributed by atoms with E-state index in [-0.39, 0.29) is 29.5 Å². The second kappa shape index (κ2) is 16.0. The lowest BCUT2D eigenvalue weighted by molar-refractivity contribution is -0.124. The fraction of sp³-hybridized carbons (Fsp3) is 0.500. The lowest BCUT2D eigenvalue weighted by Gasteiger charge is -2.26. The van der Waals surface area contributed by atoms with E-state index in [1.54, 1.807) is 24.3 Å². The first-order valence-electron chi connectivity index (χ1n) is 15.1. The maximum atomic E-state index is 12.9. The predicted molar refractivity (Wildman–Crippen MR) is 162 cm³/mol. The van der Waals surface area contributed by atoms with Crippen molar-refractivity contribution in [2.45, 2.75) is 45.7 Å². The van der Waals surface area contributed by atoms with Crippen LogP contribution in [0.4, 0.5) is 0 Å². The molecule has 1 unspecified atom stereocenters. The molecule has 0 bridgehead atoms. The average Bonchev–Trinajstić information content (AvgIpc) is 3.48. The second-order valence-electron chi connectivity index (χ2n) is 11.2. The lowest BCUT2D eigenvalue weighted by atomic mass is 10.1. The molecule has 0 radical (unpaired) electrons. The van der Waals surface area contributed by atoms with Gasteiger partial charge in [-0.3, -0.25) is 19.2 Å². The first-order chi connectivity index (χ1) is 20.4. The summed E-state index contributed by atoms with van der Waals surface area (Å²) in [7, 11) is 0. The van der Waals surface area contributed by atoms with Crippen molar-refractivity contribution in [3.05, 3.63) is 70.8 Å². The van der Waals surface area contributed by atoms with Crippen LogP contribution in [0.15, 0.2) is 48.5 Å². The minimum atomic E-state index is -0.161. The number of carbonyl (C=O) groups excluding carboxylic acids is 4. The predicted octanol–water partition coefficient (Wildman–Crippen LogP) is 1.91. The van der Waals surface area contributed by atoms with Crippen molar-refractivity contribution in [2.75, 3.05) is 52.4 Å². The first kappa shape index (κ1) is 31.2. The van der Waals surface area contributed by atoms with Crippen molar-refractivity contribution in [2.24, 2.45) is 5.92 Å². The molecule has 2 fully saturated rings. The molecule has 226 valence electrons. The molecule has 42 heavy (non-hydrogen) atoms. The Balaban J connectivity index is 1.14. The highest BCUT2D eigenvalue weighted by Gasteiger charge is 2.28. The van der Waals surface area contributed by atoms with Gasteiger partial charge in [0.1, 0.15) is 0 Å². The molecule has 0 aromatic heterocycles. The molecule has 2 saturated heterocycles. The Morgan fingerprint density at radius 1 is 0.714 bits per heavy atom. The number of likely N-dealkylation sites (tertiary alicyclic amines) is 2. The summed E-state index contributed by atoms with van der Waals surface area (Å²) in [5.41, 5.74) is 2.92. The van der Waals surface area contributed by atoms with Crippen LogP contribution in [0.3, 0.4) is 0 Å². The second-order valence-corrected chi connectivity index (χ2v) is 11.2. The summed E-state index contributed by atoms with van der Waals surface area (Å²) in [4.78, 5) is 53.8. The van der Waals surface area contributed by atoms with E-state index in [0.29, 0.717) is 50.4 Å². The number of benzene rings is 2. The number of carbonyl (C=O) groups is 4. The van der Waals surface area contributed by atoms with Gasteiger partial charge in [-0.05, 0) is 74.3 Å². The molecule has 10 nitrogen and oxygen atoms in total. The summed E-state index contributed by atoms with van der Waals surface area (Å²) >= 11 is 0. The molecule has 4 rings (SSSR count). The number of piperidine rings is 1. The molecule has 10 heteroatoms. The van der Waals surface area contributed by atoms with Gasteiger partial charge in [0.2, 0.25) is 11.8 Å². The van der Waals surface area contributed by atoms with Gasteiger partial charge in [0, 0.05) is 63.9 Å². The van der Waals surface area contributed by atoms with E-state index in [2.05, 4.69) is 31.1 Å². The normalized spacial score (nSPS) is 17.4. The molecule has 0 saturated carbocycles. The first-order valence-corrected chi connectivity index (χ1v) is 15.1. The summed E-state index contributed by atoms with van der Waals surface area (Å²) in [6.07, 6.45) is 4.53. The minimum Gasteiger partial charge on any atom is -0.352 e. The number of nitrogens with zero attached hydrogens (tertiary/aromatic N) is 2. The smallest absolute Gasteiger partial charge is 0.251 e. The fourth-order valence-electron chi connectivity index (χ4n) is 5.50. The van der Waals surface area contributed by atoms with Crippen molar-refractivity contribution in [3.63, 3.8) is 0 Å². The van der Waals surface area contributed by atoms with Gasteiger partial charge in [-0.25, -0.2) is 0 Å². The summed E-state index contributed by atoms with van der Waals surface area (Å²) in [5.74, 6) is -0.460. The zero-order chi connectivity index (χ0) is 29.7. The number of hydrogen-bond donors (Lipinski definition) is 4. The zero-order valence-electron chi connectivity index (χ0n) is 24.6. The Bertz CT molecular complexity index is 1230. The van der Waals surface area contributed by atoms with Crippen LogP contribution in [-0.2, 0) is 22.7 Å². The highest BCUT2D eigenvalue weighted by atomic mass is 16.2. The average molecular weight is 577 g/mol. The van der Waals surface area contributed by atoms with Gasteiger partial charge in [-0.1, -0.05) is 30.7 Å². The van der Waals surface area contributed by atoms with Crippen molar-refractivity contribution < 1.29 is 19.2 Å². The molecule has 2 aliphatic rings. The van der Waals surface area contributed by atoms with Gasteiger partial charge in [-0.15, -0.1) is 0 Å². The summed E-state index contributed by atoms with van der Waals surface area (Å²) in [5, 5.41) is 11.7. The maximum absolute atomic E-state index is 12.9. The van der Waals surface area contributed by atoms with Gasteiger partial charge in [0.05, 0.1) is 5.92 Å². The monoisotopic (exact) mass is 576 g/mol. The molecule has 4 N–H and O–H groups in total. The van der Waals surface area contributed by atoms with Gasteiger partial charge >= 0.3 is 0 Å². The van der Waals surface area contributed by atoms with E-state index in [0.717, 1.165) is 43.7 Å². The van der Waals surface area contributed by atoms with Crippen LogP contribution in [0.1, 0.15) is 64.4 Å². The number of nitrogens with one attached hydrogen (secondary N) is 4. The Morgan fingerprint density at radius 3 is 1.88 bits per heavy atom. The van der Waals surface area contributed by atoms with Crippen LogP contribution in [0, 0.1) is 5.92 Å². The lowest BCUT2D eigenvalue weighted by Crippen LogP contribution is -2.37. The molecule has 1 atom stereocenters. The van der Waals surface area contributed by atoms with Crippen molar-refractivity contribution in [1.82, 2.24) is 31.1 Å². The van der Waals surface area contributed by atoms with Crippen LogP contribution < -0.4 is 21.3 Å². The summed E-state index contributed by atoms with van der Waals surface area (Å²) < 4.78 is 0. The number of rotatable bonds is 13. The highest BCUT2D eigenvalue weighted by molar-refractivity contribution is 5.94. The molecule has 2 aromatic rings. The van der Waals surface area contributed by atoms with Crippen molar-refractivity contribution in [3.8, 4) is 0 Å². The van der Waals surface area contributed by atoms with E-state index in [1.165, 1.54) is 26.2 Å². The third kappa shape index (κ3) is 9.95. The molecule has 0 aliphatic carbocycles. The topological polar surface area (TPSA) is 123 Å². The fourth-order valence-corrected chi connectivity index (χ4v) is 5.50. The van der Waals surface area contributed by atoms with E-state index in [9.17, 15) is 19.2 Å². The van der Waals surface area contributed by atoms with Crippen molar-refractivity contribution >= 4 is 23.6 Å². The molecular weight excluding hydrogens is 532 g/mol. The van der Waals surface area contributed by atoms with Crippen LogP contribution in [0.2, 0.25) is 0 Å². The van der Waals surface area contributed by atoms with Crippen LogP contribution in [-0.4, -0.2) is 85.8 Å². The molecule has 2 heterocycles. The SMILES string of the molecule is CC(=O)NCc1cccc(C(=O)NCCN2CCC(C(=O)NCc3cccc(C(=O)NCCN4CCCCC4)c3)C2)c1. The minimum absolute atomic E-state index is 0.00825. The zero-order valence-corrected chi connectivity index (χ0v) is 24.6. The third-order valence-corrected chi connectivity index (χ3v) is 7.91. The van der Waals surface area contributed by atoms with E-state index >= 15 is 0 Å². The van der Waals surface area contributed by atoms with Crippen LogP contribution in [0.25, 0.3) is 0 Å². The van der Waals surface area contributed by atoms with Gasteiger partial charge in [0.25, 0.3) is 11.8 Å². The molecular formula is C32H44N6O4. The Kier molecular flexibility index (Phi) is 11.9. The number of hydrogen-bond acceptors (Lipinski definition) is 6. The van der Waals surface area contributed by atoms with Gasteiger partial charge in [-0.2, -0.15) is 0 Å². The standard InChI is InChI=1S/C32H44N6O4/c1-24(39)35-21-25-7-5-9-27(19-25)31(41)34-13-18-38-16-11-29(23-38)32(42)36-22-26-8-6-10-28(20-26)30(40)33-12-17-37-14-3-2-4-15-37/h5-10,19-20,29H,2-4,11-18,21-23H2,1H3,(H,33,40)(H,34,41)(H,35,39)(H,36,42). The van der Waals surface area contributed by atoms with Crippen LogP contribution >= 0.6 is 0 Å². The summed E-state index contributed by atoms with van der Waals surface area (Å²) in [6, 6.07) is 14.6. The quantitative estimate of drug-likeness (QED) is 0.289. The molecule has 4 amide bonds. The highest BCUT2D eigenvalue weighted by Crippen LogP contribution is 2.16. The van der Waals surface area contributed by atoms with Crippen LogP contribution in [0.5, 0.6) is 0 Å². The Labute approximate surface area is 248 Å². The van der Waals surface area contributed by atoms with E-state index in [4.69, 9.17) is 0 Å². The molecule has 2 aromatic carbocycles. The van der Waals surface area contributed by atoms with Gasteiger partial charge in [0.15, 0.2) is 0 Å². The Morgan fingerprint density at radius 2 is 1.29 bits per heavy atom. The Hall–Kier alpha value is -3.76. The largest absolute Gasteiger partial charge is 0.352 e. The summed E-state index contributed by atoms with van der Waals surface area (Å²) in [6.45, 7) is 8.54. The maximum Gasteiger partial charge on any atom is 0.251 e. The molecule has 2 aliphatic heterocycles. The third-order valence-electron chi connectivity index (χ3n) is 7.91. The number of amides is 4.